The summed E-state index contributed by atoms with van der Waals surface area (Å²) in [6.45, 7) is 7.21. The molecule has 6 heteroatoms. The van der Waals surface area contributed by atoms with Crippen molar-refractivity contribution in [2.75, 3.05) is 7.05 Å². The lowest BCUT2D eigenvalue weighted by atomic mass is 9.89. The number of ether oxygens (including phenoxy) is 1. The highest BCUT2D eigenvalue weighted by Gasteiger charge is 2.19. The van der Waals surface area contributed by atoms with Crippen LogP contribution < -0.4 is 15.4 Å². The van der Waals surface area contributed by atoms with E-state index in [0.717, 1.165) is 36.2 Å². The summed E-state index contributed by atoms with van der Waals surface area (Å²) >= 11 is 0. The summed E-state index contributed by atoms with van der Waals surface area (Å²) in [5, 5.41) is 6.59. The zero-order chi connectivity index (χ0) is 16.7. The molecular formula is C18H31IN4O. The first-order valence-corrected chi connectivity index (χ1v) is 8.65. The van der Waals surface area contributed by atoms with Crippen LogP contribution >= 0.6 is 24.0 Å². The molecule has 0 radical (unpaired) electrons. The van der Waals surface area contributed by atoms with E-state index < -0.39 is 0 Å². The first-order chi connectivity index (χ1) is 11.1. The van der Waals surface area contributed by atoms with E-state index in [1.807, 2.05) is 18.3 Å². The Hall–Kier alpha value is -1.05. The third-order valence-corrected chi connectivity index (χ3v) is 4.16. The Bertz CT molecular complexity index is 513. The number of aromatic nitrogens is 1. The fourth-order valence-electron chi connectivity index (χ4n) is 2.80. The highest BCUT2D eigenvalue weighted by Crippen LogP contribution is 2.26. The van der Waals surface area contributed by atoms with Gasteiger partial charge in [-0.15, -0.1) is 24.0 Å². The molecule has 5 nitrogen and oxygen atoms in total. The Balaban J connectivity index is 0.00000288. The fraction of sp³-hybridized carbons (Fsp3) is 0.667. The van der Waals surface area contributed by atoms with Crippen LogP contribution in [0.25, 0.3) is 0 Å². The number of pyridine rings is 1. The molecule has 0 atom stereocenters. The summed E-state index contributed by atoms with van der Waals surface area (Å²) in [7, 11) is 1.78. The number of guanidine groups is 1. The van der Waals surface area contributed by atoms with Crippen molar-refractivity contribution in [1.82, 2.24) is 15.6 Å². The van der Waals surface area contributed by atoms with Gasteiger partial charge in [-0.05, 0) is 57.1 Å². The van der Waals surface area contributed by atoms with Crippen molar-refractivity contribution in [2.45, 2.75) is 65.1 Å². The lowest BCUT2D eigenvalue weighted by Crippen LogP contribution is -2.40. The van der Waals surface area contributed by atoms with Gasteiger partial charge >= 0.3 is 0 Å². The maximum Gasteiger partial charge on any atom is 0.213 e. The summed E-state index contributed by atoms with van der Waals surface area (Å²) in [5.41, 5.74) is 1.14. The van der Waals surface area contributed by atoms with E-state index in [2.05, 4.69) is 41.4 Å². The molecule has 0 bridgehead atoms. The molecule has 1 aliphatic rings. The van der Waals surface area contributed by atoms with Crippen molar-refractivity contribution in [3.63, 3.8) is 0 Å². The number of hydrogen-bond donors (Lipinski definition) is 2. The average Bonchev–Trinajstić information content (AvgIpc) is 2.54. The average molecular weight is 446 g/mol. The summed E-state index contributed by atoms with van der Waals surface area (Å²) in [4.78, 5) is 8.57. The zero-order valence-electron chi connectivity index (χ0n) is 15.2. The molecule has 0 spiro atoms. The van der Waals surface area contributed by atoms with E-state index in [4.69, 9.17) is 4.74 Å². The molecule has 0 amide bonds. The normalized spacial score (nSPS) is 21.1. The van der Waals surface area contributed by atoms with E-state index in [9.17, 15) is 0 Å². The summed E-state index contributed by atoms with van der Waals surface area (Å²) in [5.74, 6) is 2.37. The van der Waals surface area contributed by atoms with Gasteiger partial charge in [0, 0.05) is 31.9 Å². The van der Waals surface area contributed by atoms with Gasteiger partial charge < -0.3 is 15.4 Å². The van der Waals surface area contributed by atoms with Crippen LogP contribution in [0.1, 0.15) is 52.0 Å². The molecule has 1 fully saturated rings. The fourth-order valence-corrected chi connectivity index (χ4v) is 2.80. The number of rotatable bonds is 5. The van der Waals surface area contributed by atoms with Crippen molar-refractivity contribution in [3.05, 3.63) is 23.9 Å². The Morgan fingerprint density at radius 3 is 2.67 bits per heavy atom. The molecule has 0 unspecified atom stereocenters. The molecule has 0 saturated heterocycles. The summed E-state index contributed by atoms with van der Waals surface area (Å²) in [6.07, 6.45) is 6.91. The maximum absolute atomic E-state index is 6.06. The van der Waals surface area contributed by atoms with Gasteiger partial charge in [0.05, 0.1) is 0 Å². The Morgan fingerprint density at radius 1 is 1.33 bits per heavy atom. The Morgan fingerprint density at radius 2 is 2.04 bits per heavy atom. The van der Waals surface area contributed by atoms with Gasteiger partial charge in [0.15, 0.2) is 5.96 Å². The lowest BCUT2D eigenvalue weighted by Gasteiger charge is -2.26. The van der Waals surface area contributed by atoms with E-state index in [1.165, 1.54) is 12.8 Å². The van der Waals surface area contributed by atoms with E-state index in [0.29, 0.717) is 18.7 Å². The van der Waals surface area contributed by atoms with Crippen molar-refractivity contribution in [2.24, 2.45) is 10.9 Å². The minimum Gasteiger partial charge on any atom is -0.474 e. The van der Waals surface area contributed by atoms with Gasteiger partial charge in [0.2, 0.25) is 5.88 Å². The molecule has 0 aliphatic heterocycles. The molecule has 1 aromatic heterocycles. The van der Waals surface area contributed by atoms with Crippen LogP contribution in [-0.4, -0.2) is 30.1 Å². The first-order valence-electron chi connectivity index (χ1n) is 8.65. The quantitative estimate of drug-likeness (QED) is 0.411. The highest BCUT2D eigenvalue weighted by atomic mass is 127. The number of aliphatic imine (C=N–C) groups is 1. The van der Waals surface area contributed by atoms with Gasteiger partial charge in [-0.3, -0.25) is 4.99 Å². The highest BCUT2D eigenvalue weighted by molar-refractivity contribution is 14.0. The van der Waals surface area contributed by atoms with Gasteiger partial charge in [0.1, 0.15) is 6.10 Å². The van der Waals surface area contributed by atoms with Crippen LogP contribution in [0, 0.1) is 5.92 Å². The predicted octanol–water partition coefficient (Wildman–Crippen LogP) is 3.73. The van der Waals surface area contributed by atoms with Gasteiger partial charge in [-0.1, -0.05) is 6.92 Å². The monoisotopic (exact) mass is 446 g/mol. The number of nitrogens with zero attached hydrogens (tertiary/aromatic N) is 2. The second kappa shape index (κ2) is 10.7. The molecule has 1 heterocycles. The van der Waals surface area contributed by atoms with Crippen LogP contribution in [0.5, 0.6) is 5.88 Å². The van der Waals surface area contributed by atoms with Crippen molar-refractivity contribution < 1.29 is 4.74 Å². The third-order valence-electron chi connectivity index (χ3n) is 4.16. The molecule has 2 rings (SSSR count). The largest absolute Gasteiger partial charge is 0.474 e. The van der Waals surface area contributed by atoms with Crippen LogP contribution in [0.3, 0.4) is 0 Å². The van der Waals surface area contributed by atoms with Crippen molar-refractivity contribution in [1.29, 1.82) is 0 Å². The molecular weight excluding hydrogens is 415 g/mol. The van der Waals surface area contributed by atoms with Crippen LogP contribution in [-0.2, 0) is 6.54 Å². The molecule has 1 aromatic rings. The number of nitrogens with one attached hydrogen (secondary N) is 2. The number of halogens is 1. The number of hydrogen-bond acceptors (Lipinski definition) is 3. The molecule has 2 N–H and O–H groups in total. The van der Waals surface area contributed by atoms with Gasteiger partial charge in [-0.25, -0.2) is 4.98 Å². The van der Waals surface area contributed by atoms with Crippen LogP contribution in [0.15, 0.2) is 23.3 Å². The van der Waals surface area contributed by atoms with Crippen molar-refractivity contribution in [3.8, 4) is 5.88 Å². The maximum atomic E-state index is 6.06. The second-order valence-electron chi connectivity index (χ2n) is 6.73. The molecule has 1 saturated carbocycles. The summed E-state index contributed by atoms with van der Waals surface area (Å²) < 4.78 is 6.06. The first kappa shape index (κ1) is 21.0. The Kier molecular flexibility index (Phi) is 9.39. The van der Waals surface area contributed by atoms with Crippen molar-refractivity contribution >= 4 is 29.9 Å². The van der Waals surface area contributed by atoms with Gasteiger partial charge in [0.25, 0.3) is 0 Å². The standard InChI is InChI=1S/C18H30N4O.HI/c1-13(2)22-18(19-4)21-12-15-9-10-20-17(11-15)23-16-7-5-14(3)6-8-16;/h9-11,13-14,16H,5-8,12H2,1-4H3,(H2,19,21,22);1H. The van der Waals surface area contributed by atoms with Gasteiger partial charge in [-0.2, -0.15) is 0 Å². The Labute approximate surface area is 163 Å². The zero-order valence-corrected chi connectivity index (χ0v) is 17.5. The minimum atomic E-state index is 0. The van der Waals surface area contributed by atoms with Crippen LogP contribution in [0.2, 0.25) is 0 Å². The third kappa shape index (κ3) is 7.23. The topological polar surface area (TPSA) is 58.5 Å². The summed E-state index contributed by atoms with van der Waals surface area (Å²) in [6, 6.07) is 4.38. The molecule has 1 aliphatic carbocycles. The lowest BCUT2D eigenvalue weighted by molar-refractivity contribution is 0.130. The smallest absolute Gasteiger partial charge is 0.213 e. The molecule has 136 valence electrons. The van der Waals surface area contributed by atoms with E-state index in [1.54, 1.807) is 7.05 Å². The SMILES string of the molecule is CN=C(NCc1ccnc(OC2CCC(C)CC2)c1)NC(C)C.I. The molecule has 0 aromatic carbocycles. The predicted molar refractivity (Wildman–Crippen MR) is 110 cm³/mol. The van der Waals surface area contributed by atoms with E-state index >= 15 is 0 Å². The minimum absolute atomic E-state index is 0. The van der Waals surface area contributed by atoms with Crippen LogP contribution in [0.4, 0.5) is 0 Å². The second-order valence-corrected chi connectivity index (χ2v) is 6.73. The van der Waals surface area contributed by atoms with E-state index in [-0.39, 0.29) is 24.0 Å². The molecule has 24 heavy (non-hydrogen) atoms.